The van der Waals surface area contributed by atoms with Crippen molar-refractivity contribution in [3.05, 3.63) is 24.2 Å². The van der Waals surface area contributed by atoms with Crippen LogP contribution in [0.1, 0.15) is 12.6 Å². The lowest BCUT2D eigenvalue weighted by atomic mass is 10.5. The third-order valence-corrected chi connectivity index (χ3v) is 2.33. The zero-order valence-corrected chi connectivity index (χ0v) is 10.1. The van der Waals surface area contributed by atoms with Crippen LogP contribution >= 0.6 is 0 Å². The molecule has 18 heavy (non-hydrogen) atoms. The molecule has 0 atom stereocenters. The summed E-state index contributed by atoms with van der Waals surface area (Å²) in [5.41, 5.74) is 6.06. The Morgan fingerprint density at radius 3 is 2.94 bits per heavy atom. The second-order valence-corrected chi connectivity index (χ2v) is 3.72. The van der Waals surface area contributed by atoms with E-state index in [-0.39, 0.29) is 12.5 Å². The second kappa shape index (κ2) is 5.41. The molecule has 8 heteroatoms. The number of carbonyl (C=O) groups excluding carboxylic acids is 1. The molecule has 2 heterocycles. The molecule has 2 aromatic rings. The van der Waals surface area contributed by atoms with E-state index in [1.807, 2.05) is 6.92 Å². The molecule has 0 saturated carbocycles. The van der Waals surface area contributed by atoms with Gasteiger partial charge in [0, 0.05) is 25.4 Å². The van der Waals surface area contributed by atoms with Crippen molar-refractivity contribution >= 4 is 11.7 Å². The van der Waals surface area contributed by atoms with Crippen molar-refractivity contribution in [2.24, 2.45) is 5.73 Å². The van der Waals surface area contributed by atoms with Crippen molar-refractivity contribution in [2.75, 3.05) is 5.32 Å². The average molecular weight is 249 g/mol. The molecule has 0 radical (unpaired) electrons. The molecule has 0 aromatic carbocycles. The third-order valence-electron chi connectivity index (χ3n) is 2.33. The van der Waals surface area contributed by atoms with E-state index in [0.29, 0.717) is 18.1 Å². The van der Waals surface area contributed by atoms with Crippen LogP contribution in [0.15, 0.2) is 18.5 Å². The first-order chi connectivity index (χ1) is 8.71. The minimum absolute atomic E-state index is 0.0893. The number of hydrogen-bond acceptors (Lipinski definition) is 5. The van der Waals surface area contributed by atoms with E-state index in [1.54, 1.807) is 23.1 Å². The van der Waals surface area contributed by atoms with Crippen LogP contribution in [0.3, 0.4) is 0 Å². The Labute approximate surface area is 104 Å². The molecular formula is C10H15N7O. The van der Waals surface area contributed by atoms with E-state index in [4.69, 9.17) is 5.73 Å². The highest BCUT2D eigenvalue weighted by Gasteiger charge is 2.07. The summed E-state index contributed by atoms with van der Waals surface area (Å²) in [7, 11) is 0. The zero-order valence-electron chi connectivity index (χ0n) is 10.1. The lowest BCUT2D eigenvalue weighted by Crippen LogP contribution is -2.19. The van der Waals surface area contributed by atoms with E-state index >= 15 is 0 Å². The number of hydrogen-bond donors (Lipinski definition) is 2. The average Bonchev–Trinajstić information content (AvgIpc) is 2.98. The molecule has 96 valence electrons. The van der Waals surface area contributed by atoms with Crippen LogP contribution in [0, 0.1) is 0 Å². The number of nitrogens with two attached hydrogens (primary N) is 1. The first-order valence-corrected chi connectivity index (χ1v) is 5.63. The summed E-state index contributed by atoms with van der Waals surface area (Å²) < 4.78 is 3.17. The molecule has 1 amide bonds. The van der Waals surface area contributed by atoms with Gasteiger partial charge in [0.25, 0.3) is 0 Å². The largest absolute Gasteiger partial charge is 0.325 e. The molecule has 0 fully saturated rings. The number of rotatable bonds is 5. The van der Waals surface area contributed by atoms with Crippen LogP contribution in [0.5, 0.6) is 0 Å². The molecular weight excluding hydrogens is 234 g/mol. The minimum Gasteiger partial charge on any atom is -0.325 e. The molecule has 2 aromatic heterocycles. The van der Waals surface area contributed by atoms with E-state index in [2.05, 4.69) is 20.7 Å². The molecule has 0 aliphatic rings. The Kier molecular flexibility index (Phi) is 3.68. The van der Waals surface area contributed by atoms with Crippen molar-refractivity contribution in [1.82, 2.24) is 24.8 Å². The highest BCUT2D eigenvalue weighted by Crippen LogP contribution is 2.02. The monoisotopic (exact) mass is 249 g/mol. The summed E-state index contributed by atoms with van der Waals surface area (Å²) in [4.78, 5) is 11.7. The van der Waals surface area contributed by atoms with Crippen LogP contribution in [-0.4, -0.2) is 30.7 Å². The maximum Gasteiger partial charge on any atom is 0.247 e. The molecule has 3 N–H and O–H groups in total. The fourth-order valence-corrected chi connectivity index (χ4v) is 1.44. The first-order valence-electron chi connectivity index (χ1n) is 5.63. The summed E-state index contributed by atoms with van der Waals surface area (Å²) in [5.74, 6) is 0.325. The van der Waals surface area contributed by atoms with Gasteiger partial charge in [-0.15, -0.1) is 5.10 Å². The Morgan fingerprint density at radius 1 is 1.50 bits per heavy atom. The Balaban J connectivity index is 1.92. The summed E-state index contributed by atoms with van der Waals surface area (Å²) in [6, 6.07) is 1.74. The number of anilines is 1. The van der Waals surface area contributed by atoms with Gasteiger partial charge in [0.1, 0.15) is 6.54 Å². The topological polar surface area (TPSA) is 104 Å². The molecule has 2 rings (SSSR count). The van der Waals surface area contributed by atoms with Crippen LogP contribution in [0.4, 0.5) is 5.82 Å². The molecule has 0 spiro atoms. The quantitative estimate of drug-likeness (QED) is 0.749. The highest BCUT2D eigenvalue weighted by molar-refractivity contribution is 5.89. The van der Waals surface area contributed by atoms with Crippen LogP contribution in [0.25, 0.3) is 0 Å². The second-order valence-electron chi connectivity index (χ2n) is 3.72. The van der Waals surface area contributed by atoms with E-state index in [1.165, 1.54) is 4.68 Å². The Hall–Kier alpha value is -2.22. The van der Waals surface area contributed by atoms with E-state index in [9.17, 15) is 4.79 Å². The smallest absolute Gasteiger partial charge is 0.247 e. The van der Waals surface area contributed by atoms with Crippen molar-refractivity contribution < 1.29 is 4.79 Å². The predicted molar refractivity (Wildman–Crippen MR) is 64.4 cm³/mol. The van der Waals surface area contributed by atoms with Gasteiger partial charge in [-0.1, -0.05) is 5.21 Å². The number of aromatic nitrogens is 5. The third kappa shape index (κ3) is 2.92. The summed E-state index contributed by atoms with van der Waals surface area (Å²) in [6.07, 6.45) is 3.45. The maximum atomic E-state index is 11.7. The van der Waals surface area contributed by atoms with Crippen molar-refractivity contribution in [2.45, 2.75) is 26.6 Å². The minimum atomic E-state index is -0.204. The fraction of sp³-hybridized carbons (Fsp3) is 0.400. The van der Waals surface area contributed by atoms with Gasteiger partial charge in [0.15, 0.2) is 5.82 Å². The molecule has 8 nitrogen and oxygen atoms in total. The van der Waals surface area contributed by atoms with Gasteiger partial charge in [-0.3, -0.25) is 9.48 Å². The fourth-order valence-electron chi connectivity index (χ4n) is 1.44. The van der Waals surface area contributed by atoms with Gasteiger partial charge < -0.3 is 11.1 Å². The van der Waals surface area contributed by atoms with Gasteiger partial charge >= 0.3 is 0 Å². The lowest BCUT2D eigenvalue weighted by molar-refractivity contribution is -0.116. The molecule has 0 aliphatic heterocycles. The number of carbonyl (C=O) groups is 1. The van der Waals surface area contributed by atoms with Gasteiger partial charge in [-0.05, 0) is 6.92 Å². The zero-order chi connectivity index (χ0) is 13.0. The molecule has 0 aliphatic carbocycles. The number of amides is 1. The van der Waals surface area contributed by atoms with Crippen molar-refractivity contribution in [3.63, 3.8) is 0 Å². The Bertz CT molecular complexity index is 484. The number of nitrogens with zero attached hydrogens (tertiary/aromatic N) is 5. The van der Waals surface area contributed by atoms with Crippen LogP contribution in [-0.2, 0) is 24.4 Å². The van der Waals surface area contributed by atoms with E-state index < -0.39 is 0 Å². The summed E-state index contributed by atoms with van der Waals surface area (Å²) in [6.45, 7) is 3.13. The lowest BCUT2D eigenvalue weighted by Gasteiger charge is -2.01. The molecule has 0 saturated heterocycles. The number of aryl methyl sites for hydroxylation is 1. The number of nitrogens with one attached hydrogen (secondary N) is 1. The Morgan fingerprint density at radius 2 is 2.33 bits per heavy atom. The SMILES string of the molecule is CCn1ccc(NC(=O)Cn2cc(CN)nn2)n1. The molecule has 0 bridgehead atoms. The van der Waals surface area contributed by atoms with Gasteiger partial charge in [-0.25, -0.2) is 4.68 Å². The normalized spacial score (nSPS) is 10.6. The summed E-state index contributed by atoms with van der Waals surface area (Å²) in [5, 5.41) is 14.4. The van der Waals surface area contributed by atoms with Crippen LogP contribution < -0.4 is 11.1 Å². The van der Waals surface area contributed by atoms with Gasteiger partial charge in [-0.2, -0.15) is 5.10 Å². The van der Waals surface area contributed by atoms with Crippen molar-refractivity contribution in [1.29, 1.82) is 0 Å². The maximum absolute atomic E-state index is 11.7. The predicted octanol–water partition coefficient (Wildman–Crippen LogP) is -0.408. The standard InChI is InChI=1S/C10H15N7O/c1-2-16-4-3-9(14-16)12-10(18)7-17-6-8(5-11)13-15-17/h3-4,6H,2,5,7,11H2,1H3,(H,12,14,18). The van der Waals surface area contributed by atoms with Gasteiger partial charge in [0.05, 0.1) is 11.9 Å². The van der Waals surface area contributed by atoms with E-state index in [0.717, 1.165) is 6.54 Å². The first kappa shape index (κ1) is 12.2. The highest BCUT2D eigenvalue weighted by atomic mass is 16.2. The van der Waals surface area contributed by atoms with Crippen LogP contribution in [0.2, 0.25) is 0 Å². The van der Waals surface area contributed by atoms with Gasteiger partial charge in [0.2, 0.25) is 5.91 Å². The van der Waals surface area contributed by atoms with Crippen molar-refractivity contribution in [3.8, 4) is 0 Å². The molecule has 0 unspecified atom stereocenters. The summed E-state index contributed by atoms with van der Waals surface area (Å²) >= 11 is 0.